The molecule has 2 saturated heterocycles. The van der Waals surface area contributed by atoms with Gasteiger partial charge in [-0.15, -0.1) is 0 Å². The number of H-pyrrole nitrogens is 1. The first-order chi connectivity index (χ1) is 16.8. The molecule has 35 heavy (non-hydrogen) atoms. The van der Waals surface area contributed by atoms with E-state index in [2.05, 4.69) is 18.8 Å². The van der Waals surface area contributed by atoms with E-state index in [0.717, 1.165) is 35.2 Å². The molecular weight excluding hydrogens is 442 g/mol. The fourth-order valence-corrected chi connectivity index (χ4v) is 5.76. The Bertz CT molecular complexity index is 1280. The first-order valence-corrected chi connectivity index (χ1v) is 12.2. The second kappa shape index (κ2) is 8.95. The number of methoxy groups -OCH3 is 2. The van der Waals surface area contributed by atoms with Crippen molar-refractivity contribution in [3.05, 3.63) is 47.5 Å². The van der Waals surface area contributed by atoms with Gasteiger partial charge in [0.15, 0.2) is 11.5 Å². The van der Waals surface area contributed by atoms with E-state index >= 15 is 0 Å². The zero-order chi connectivity index (χ0) is 24.9. The van der Waals surface area contributed by atoms with Crippen molar-refractivity contribution in [3.8, 4) is 22.8 Å². The summed E-state index contributed by atoms with van der Waals surface area (Å²) in [6.45, 7) is 8.91. The number of fused-ring (bicyclic) bond motifs is 2. The van der Waals surface area contributed by atoms with E-state index in [1.165, 1.54) is 5.56 Å². The van der Waals surface area contributed by atoms with Crippen LogP contribution >= 0.6 is 0 Å². The maximum atomic E-state index is 13.5. The molecule has 0 spiro atoms. The monoisotopic (exact) mass is 475 g/mol. The summed E-state index contributed by atoms with van der Waals surface area (Å²) in [6.07, 6.45) is 0. The van der Waals surface area contributed by atoms with Crippen LogP contribution in [0.4, 0.5) is 0 Å². The van der Waals surface area contributed by atoms with E-state index < -0.39 is 0 Å². The van der Waals surface area contributed by atoms with Crippen LogP contribution in [0.2, 0.25) is 0 Å². The SMILES string of the molecule is COc1ccc(-c2[nH]c3ccc(C(=O)N4CC5CN(C(C)=O)CC5C4)cc3c2C(C)C)cc1OC. The summed E-state index contributed by atoms with van der Waals surface area (Å²) in [5.74, 6) is 2.57. The highest BCUT2D eigenvalue weighted by atomic mass is 16.5. The Morgan fingerprint density at radius 1 is 0.914 bits per heavy atom. The Kier molecular flexibility index (Phi) is 5.95. The summed E-state index contributed by atoms with van der Waals surface area (Å²) in [7, 11) is 3.27. The van der Waals surface area contributed by atoms with Crippen molar-refractivity contribution in [3.63, 3.8) is 0 Å². The van der Waals surface area contributed by atoms with Gasteiger partial charge in [-0.1, -0.05) is 13.8 Å². The standard InChI is InChI=1S/C28H33N3O4/c1-16(2)26-22-10-19(28(33)31-14-20-12-30(17(3)32)13-21(20)15-31)6-8-23(22)29-27(26)18-7-9-24(34-4)25(11-18)35-5/h6-11,16,20-21,29H,12-15H2,1-5H3. The summed E-state index contributed by atoms with van der Waals surface area (Å²) >= 11 is 0. The number of carbonyl (C=O) groups excluding carboxylic acids is 2. The molecular formula is C28H33N3O4. The van der Waals surface area contributed by atoms with Crippen molar-refractivity contribution in [2.24, 2.45) is 11.8 Å². The van der Waals surface area contributed by atoms with Gasteiger partial charge in [-0.05, 0) is 47.9 Å². The molecule has 2 amide bonds. The van der Waals surface area contributed by atoms with Crippen LogP contribution < -0.4 is 9.47 Å². The molecule has 184 valence electrons. The van der Waals surface area contributed by atoms with Crippen LogP contribution in [-0.2, 0) is 4.79 Å². The lowest BCUT2D eigenvalue weighted by Gasteiger charge is -2.21. The summed E-state index contributed by atoms with van der Waals surface area (Å²) in [5.41, 5.74) is 4.93. The van der Waals surface area contributed by atoms with Crippen molar-refractivity contribution in [1.82, 2.24) is 14.8 Å². The summed E-state index contributed by atoms with van der Waals surface area (Å²) in [4.78, 5) is 32.6. The summed E-state index contributed by atoms with van der Waals surface area (Å²) < 4.78 is 10.9. The molecule has 7 heteroatoms. The maximum Gasteiger partial charge on any atom is 0.253 e. The summed E-state index contributed by atoms with van der Waals surface area (Å²) in [5, 5.41) is 1.07. The molecule has 0 bridgehead atoms. The second-order valence-corrected chi connectivity index (χ2v) is 10.1. The van der Waals surface area contributed by atoms with Gasteiger partial charge in [-0.25, -0.2) is 0 Å². The molecule has 0 aliphatic carbocycles. The Hall–Kier alpha value is -3.48. The number of aromatic amines is 1. The quantitative estimate of drug-likeness (QED) is 0.589. The van der Waals surface area contributed by atoms with Crippen molar-refractivity contribution in [1.29, 1.82) is 0 Å². The first kappa shape index (κ1) is 23.3. The largest absolute Gasteiger partial charge is 0.493 e. The van der Waals surface area contributed by atoms with Crippen LogP contribution in [0.3, 0.4) is 0 Å². The van der Waals surface area contributed by atoms with E-state index in [4.69, 9.17) is 9.47 Å². The molecule has 3 heterocycles. The second-order valence-electron chi connectivity index (χ2n) is 10.1. The van der Waals surface area contributed by atoms with E-state index in [9.17, 15) is 9.59 Å². The smallest absolute Gasteiger partial charge is 0.253 e. The van der Waals surface area contributed by atoms with Crippen LogP contribution in [0.25, 0.3) is 22.2 Å². The molecule has 0 radical (unpaired) electrons. The van der Waals surface area contributed by atoms with E-state index in [-0.39, 0.29) is 17.7 Å². The molecule has 2 aromatic carbocycles. The highest BCUT2D eigenvalue weighted by Gasteiger charge is 2.42. The normalized spacial score (nSPS) is 19.5. The predicted octanol–water partition coefficient (Wildman–Crippen LogP) is 4.53. The molecule has 2 fully saturated rings. The number of benzene rings is 2. The fourth-order valence-electron chi connectivity index (χ4n) is 5.76. The van der Waals surface area contributed by atoms with Crippen molar-refractivity contribution in [2.45, 2.75) is 26.7 Å². The molecule has 7 nitrogen and oxygen atoms in total. The minimum Gasteiger partial charge on any atom is -0.493 e. The third kappa shape index (κ3) is 4.03. The maximum absolute atomic E-state index is 13.5. The van der Waals surface area contributed by atoms with Gasteiger partial charge in [-0.2, -0.15) is 0 Å². The average Bonchev–Trinajstić information content (AvgIpc) is 3.54. The molecule has 3 aromatic rings. The van der Waals surface area contributed by atoms with Gasteiger partial charge < -0.3 is 24.3 Å². The number of rotatable bonds is 5. The average molecular weight is 476 g/mol. The van der Waals surface area contributed by atoms with Crippen LogP contribution in [0.15, 0.2) is 36.4 Å². The van der Waals surface area contributed by atoms with Crippen molar-refractivity contribution in [2.75, 3.05) is 40.4 Å². The molecule has 2 aliphatic rings. The number of amides is 2. The van der Waals surface area contributed by atoms with Gasteiger partial charge in [-0.3, -0.25) is 9.59 Å². The summed E-state index contributed by atoms with van der Waals surface area (Å²) in [6, 6.07) is 11.9. The lowest BCUT2D eigenvalue weighted by atomic mass is 9.95. The fraction of sp³-hybridized carbons (Fsp3) is 0.429. The zero-order valence-electron chi connectivity index (χ0n) is 21.1. The van der Waals surface area contributed by atoms with Crippen molar-refractivity contribution >= 4 is 22.7 Å². The molecule has 2 atom stereocenters. The van der Waals surface area contributed by atoms with Crippen LogP contribution in [0.5, 0.6) is 11.5 Å². The predicted molar refractivity (Wildman–Crippen MR) is 136 cm³/mol. The number of hydrogen-bond acceptors (Lipinski definition) is 4. The van der Waals surface area contributed by atoms with E-state index in [0.29, 0.717) is 42.0 Å². The molecule has 2 aliphatic heterocycles. The Morgan fingerprint density at radius 3 is 2.17 bits per heavy atom. The Labute approximate surface area is 206 Å². The van der Waals surface area contributed by atoms with Gasteiger partial charge in [0.2, 0.25) is 5.91 Å². The lowest BCUT2D eigenvalue weighted by Crippen LogP contribution is -2.34. The molecule has 2 unspecified atom stereocenters. The highest BCUT2D eigenvalue weighted by molar-refractivity contribution is 6.01. The van der Waals surface area contributed by atoms with Crippen molar-refractivity contribution < 1.29 is 19.1 Å². The molecule has 0 saturated carbocycles. The topological polar surface area (TPSA) is 74.9 Å². The van der Waals surface area contributed by atoms with Gasteiger partial charge in [0, 0.05) is 67.0 Å². The zero-order valence-corrected chi connectivity index (χ0v) is 21.1. The van der Waals surface area contributed by atoms with Gasteiger partial charge in [0.05, 0.1) is 19.9 Å². The minimum atomic E-state index is 0.0687. The number of nitrogens with one attached hydrogen (secondary N) is 1. The highest BCUT2D eigenvalue weighted by Crippen LogP contribution is 2.39. The van der Waals surface area contributed by atoms with E-state index in [1.54, 1.807) is 21.1 Å². The Morgan fingerprint density at radius 2 is 1.57 bits per heavy atom. The number of hydrogen-bond donors (Lipinski definition) is 1. The van der Waals surface area contributed by atoms with Crippen LogP contribution in [0, 0.1) is 11.8 Å². The number of likely N-dealkylation sites (tertiary alicyclic amines) is 2. The van der Waals surface area contributed by atoms with Crippen LogP contribution in [0.1, 0.15) is 42.6 Å². The van der Waals surface area contributed by atoms with Gasteiger partial charge in [0.1, 0.15) is 0 Å². The Balaban J connectivity index is 1.46. The molecule has 5 rings (SSSR count). The van der Waals surface area contributed by atoms with E-state index in [1.807, 2.05) is 46.2 Å². The third-order valence-corrected chi connectivity index (χ3v) is 7.55. The van der Waals surface area contributed by atoms with Gasteiger partial charge >= 0.3 is 0 Å². The van der Waals surface area contributed by atoms with Gasteiger partial charge in [0.25, 0.3) is 5.91 Å². The van der Waals surface area contributed by atoms with Crippen LogP contribution in [-0.4, -0.2) is 67.0 Å². The first-order valence-electron chi connectivity index (χ1n) is 12.2. The molecule has 1 aromatic heterocycles. The minimum absolute atomic E-state index is 0.0687. The number of nitrogens with zero attached hydrogens (tertiary/aromatic N) is 2. The third-order valence-electron chi connectivity index (χ3n) is 7.55. The molecule has 1 N–H and O–H groups in total. The number of aromatic nitrogens is 1. The number of ether oxygens (including phenoxy) is 2. The number of carbonyl (C=O) groups is 2. The lowest BCUT2D eigenvalue weighted by molar-refractivity contribution is -0.128.